The maximum Gasteiger partial charge on any atom is 0.164 e. The molecule has 0 amide bonds. The predicted molar refractivity (Wildman–Crippen MR) is 312 cm³/mol. The van der Waals surface area contributed by atoms with Crippen molar-refractivity contribution in [2.24, 2.45) is 5.92 Å². The van der Waals surface area contributed by atoms with Gasteiger partial charge in [-0.25, -0.2) is 29.9 Å². The van der Waals surface area contributed by atoms with Gasteiger partial charge in [-0.2, -0.15) is 0 Å². The van der Waals surface area contributed by atoms with Crippen molar-refractivity contribution in [2.45, 2.75) is 37.5 Å². The maximum absolute atomic E-state index is 5.52. The van der Waals surface area contributed by atoms with Gasteiger partial charge in [0.25, 0.3) is 0 Å². The fraction of sp³-hybridized carbons (Fsp3) is 0.0986. The maximum atomic E-state index is 5.52. The number of nitrogens with zero attached hydrogens (tertiary/aromatic N) is 6. The highest BCUT2D eigenvalue weighted by Crippen LogP contribution is 2.64. The lowest BCUT2D eigenvalue weighted by molar-refractivity contribution is 0.779. The van der Waals surface area contributed by atoms with Crippen molar-refractivity contribution in [3.05, 3.63) is 275 Å². The van der Waals surface area contributed by atoms with E-state index in [1.54, 1.807) is 0 Å². The molecule has 0 N–H and O–H groups in total. The van der Waals surface area contributed by atoms with Crippen LogP contribution in [-0.2, 0) is 11.8 Å². The van der Waals surface area contributed by atoms with Gasteiger partial charge in [-0.3, -0.25) is 0 Å². The molecule has 6 nitrogen and oxygen atoms in total. The van der Waals surface area contributed by atoms with E-state index >= 15 is 0 Å². The third-order valence-electron chi connectivity index (χ3n) is 16.9. The molecule has 16 rings (SSSR count). The summed E-state index contributed by atoms with van der Waals surface area (Å²) in [6.45, 7) is 0. The molecule has 362 valence electrons. The summed E-state index contributed by atoms with van der Waals surface area (Å²) in [5.74, 6) is 4.37. The highest BCUT2D eigenvalue weighted by Gasteiger charge is 2.53. The molecule has 6 aliphatic carbocycles. The van der Waals surface area contributed by atoms with E-state index in [1.165, 1.54) is 61.2 Å². The third-order valence-corrected chi connectivity index (χ3v) is 16.9. The van der Waals surface area contributed by atoms with Crippen molar-refractivity contribution in [1.82, 2.24) is 29.9 Å². The summed E-state index contributed by atoms with van der Waals surface area (Å²) in [6, 6.07) is 61.3. The van der Waals surface area contributed by atoms with Gasteiger partial charge in [0, 0.05) is 33.7 Å². The van der Waals surface area contributed by atoms with Crippen LogP contribution in [0.1, 0.15) is 70.7 Å². The number of fused-ring (bicyclic) bond motifs is 13. The van der Waals surface area contributed by atoms with Crippen LogP contribution in [0.2, 0.25) is 0 Å². The quantitative estimate of drug-likeness (QED) is 0.165. The van der Waals surface area contributed by atoms with Gasteiger partial charge in [-0.15, -0.1) is 0 Å². The minimum Gasteiger partial charge on any atom is -0.209 e. The molecule has 2 aromatic heterocycles. The zero-order valence-corrected chi connectivity index (χ0v) is 42.2. The fourth-order valence-electron chi connectivity index (χ4n) is 13.5. The van der Waals surface area contributed by atoms with E-state index in [2.05, 4.69) is 225 Å². The topological polar surface area (TPSA) is 77.3 Å². The van der Waals surface area contributed by atoms with E-state index in [9.17, 15) is 0 Å². The largest absolute Gasteiger partial charge is 0.209 e. The summed E-state index contributed by atoms with van der Waals surface area (Å²) in [7, 11) is 0. The standard InChI is InChI=1S/C71H48N6/c1-5-25-49-43(17-1)21-13-31-57(49)67-72-65(73-68(76-67)58-32-14-22-44-18-2-6-26-50(44)58)47-37-39-55-53-29-9-11-35-61(53)71(63(55)41-47)62-36-12-10-30-54(62)56-40-38-48(42-64(56)71)66-74-69(59-33-15-23-45-19-3-7-27-51(45)59)77-70(75-66)60-34-16-24-46-20-4-8-28-52(46)60/h1-7,9-18,20-27,29-37,39,41-42,45H,8,19,28,38,40H2. The molecule has 2 heterocycles. The van der Waals surface area contributed by atoms with Crippen molar-refractivity contribution < 1.29 is 0 Å². The zero-order valence-electron chi connectivity index (χ0n) is 42.2. The minimum absolute atomic E-state index is 0.288. The van der Waals surface area contributed by atoms with Crippen LogP contribution in [-0.4, -0.2) is 29.9 Å². The Balaban J connectivity index is 0.909. The van der Waals surface area contributed by atoms with Crippen LogP contribution in [0.15, 0.2) is 230 Å². The van der Waals surface area contributed by atoms with Gasteiger partial charge >= 0.3 is 0 Å². The molecule has 2 atom stereocenters. The van der Waals surface area contributed by atoms with Crippen molar-refractivity contribution >= 4 is 44.3 Å². The van der Waals surface area contributed by atoms with Gasteiger partial charge in [-0.1, -0.05) is 218 Å². The Kier molecular flexibility index (Phi) is 9.83. The van der Waals surface area contributed by atoms with Crippen molar-refractivity contribution in [3.8, 4) is 56.7 Å². The molecule has 0 fully saturated rings. The summed E-state index contributed by atoms with van der Waals surface area (Å²) in [5, 5.41) is 4.46. The molecule has 0 aliphatic heterocycles. The fourth-order valence-corrected chi connectivity index (χ4v) is 13.5. The van der Waals surface area contributed by atoms with Crippen LogP contribution in [0.4, 0.5) is 0 Å². The second kappa shape index (κ2) is 17.3. The van der Waals surface area contributed by atoms with Crippen LogP contribution < -0.4 is 0 Å². The molecule has 10 aromatic rings. The van der Waals surface area contributed by atoms with E-state index in [-0.39, 0.29) is 5.92 Å². The van der Waals surface area contributed by atoms with E-state index in [4.69, 9.17) is 29.9 Å². The second-order valence-electron chi connectivity index (χ2n) is 21.0. The van der Waals surface area contributed by atoms with Gasteiger partial charge in [0.15, 0.2) is 34.9 Å². The molecule has 0 saturated carbocycles. The molecular weight excluding hydrogens is 937 g/mol. The molecule has 0 bridgehead atoms. The summed E-state index contributed by atoms with van der Waals surface area (Å²) in [5.41, 5.74) is 19.4. The first-order valence-electron chi connectivity index (χ1n) is 27.0. The summed E-state index contributed by atoms with van der Waals surface area (Å²) < 4.78 is 0. The first kappa shape index (κ1) is 43.8. The lowest BCUT2D eigenvalue weighted by atomic mass is 9.68. The van der Waals surface area contributed by atoms with Crippen molar-refractivity contribution in [3.63, 3.8) is 0 Å². The Morgan fingerprint density at radius 3 is 1.86 bits per heavy atom. The SMILES string of the molecule is C1=CCC2C=CC=C(c3nc(C4=CC5=C(CC4)c4ccccc4C54c5ccccc5-c5ccc(-c6nc(-c7cccc8ccccc78)nc(-c7cccc8ccccc78)n6)cc54)nc(-c4cccc5c4CCC=C5)n3)C2=C1. The van der Waals surface area contributed by atoms with Crippen molar-refractivity contribution in [1.29, 1.82) is 0 Å². The van der Waals surface area contributed by atoms with Gasteiger partial charge in [-0.05, 0) is 127 Å². The molecule has 1 spiro atoms. The van der Waals surface area contributed by atoms with Crippen LogP contribution >= 0.6 is 0 Å². The first-order chi connectivity index (χ1) is 38.2. The molecule has 2 unspecified atom stereocenters. The van der Waals surface area contributed by atoms with Crippen molar-refractivity contribution in [2.75, 3.05) is 0 Å². The predicted octanol–water partition coefficient (Wildman–Crippen LogP) is 16.4. The highest BCUT2D eigenvalue weighted by atomic mass is 15.0. The third kappa shape index (κ3) is 6.74. The van der Waals surface area contributed by atoms with E-state index in [0.717, 1.165) is 105 Å². The highest BCUT2D eigenvalue weighted by molar-refractivity contribution is 6.00. The van der Waals surface area contributed by atoms with Crippen LogP contribution in [0.5, 0.6) is 0 Å². The molecule has 6 aliphatic rings. The molecule has 8 aromatic carbocycles. The normalized spacial score (nSPS) is 18.3. The second-order valence-corrected chi connectivity index (χ2v) is 21.0. The lowest BCUT2D eigenvalue weighted by Crippen LogP contribution is -2.27. The van der Waals surface area contributed by atoms with Gasteiger partial charge in [0.05, 0.1) is 5.41 Å². The zero-order chi connectivity index (χ0) is 50.6. The van der Waals surface area contributed by atoms with Gasteiger partial charge in [0.1, 0.15) is 0 Å². The van der Waals surface area contributed by atoms with E-state index in [1.807, 2.05) is 0 Å². The number of hydrogen-bond donors (Lipinski definition) is 0. The number of allylic oxidation sites excluding steroid dienone is 13. The Morgan fingerprint density at radius 2 is 1.05 bits per heavy atom. The summed E-state index contributed by atoms with van der Waals surface area (Å²) >= 11 is 0. The Labute approximate surface area is 446 Å². The Hall–Kier alpha value is -9.52. The average molecular weight is 985 g/mol. The van der Waals surface area contributed by atoms with E-state index in [0.29, 0.717) is 17.5 Å². The van der Waals surface area contributed by atoms with Gasteiger partial charge in [0.2, 0.25) is 0 Å². The number of aromatic nitrogens is 6. The Morgan fingerprint density at radius 1 is 0.442 bits per heavy atom. The monoisotopic (exact) mass is 984 g/mol. The molecular formula is C71H48N6. The molecule has 0 saturated heterocycles. The molecule has 0 radical (unpaired) electrons. The number of hydrogen-bond acceptors (Lipinski definition) is 6. The van der Waals surface area contributed by atoms with Crippen LogP contribution in [0, 0.1) is 5.92 Å². The summed E-state index contributed by atoms with van der Waals surface area (Å²) in [4.78, 5) is 32.6. The number of rotatable bonds is 6. The number of benzene rings is 8. The first-order valence-corrected chi connectivity index (χ1v) is 27.0. The smallest absolute Gasteiger partial charge is 0.164 e. The average Bonchev–Trinajstić information content (AvgIpc) is 4.19. The van der Waals surface area contributed by atoms with Crippen LogP contribution in [0.25, 0.3) is 101 Å². The Bertz CT molecular complexity index is 4340. The van der Waals surface area contributed by atoms with Crippen LogP contribution in [0.3, 0.4) is 0 Å². The van der Waals surface area contributed by atoms with Gasteiger partial charge < -0.3 is 0 Å². The minimum atomic E-state index is -0.643. The van der Waals surface area contributed by atoms with E-state index < -0.39 is 5.41 Å². The lowest BCUT2D eigenvalue weighted by Gasteiger charge is -2.33. The molecule has 77 heavy (non-hydrogen) atoms. The summed E-state index contributed by atoms with van der Waals surface area (Å²) in [6.07, 6.45) is 24.9. The molecule has 6 heteroatoms.